The summed E-state index contributed by atoms with van der Waals surface area (Å²) in [5.74, 6) is -1.75. The lowest BCUT2D eigenvalue weighted by Gasteiger charge is -2.11. The van der Waals surface area contributed by atoms with Crippen molar-refractivity contribution in [1.82, 2.24) is 5.32 Å². The van der Waals surface area contributed by atoms with Crippen LogP contribution in [0.4, 0.5) is 8.78 Å². The molecule has 0 unspecified atom stereocenters. The third kappa shape index (κ3) is 6.84. The monoisotopic (exact) mass is 303 g/mol. The third-order valence-corrected chi connectivity index (χ3v) is 2.72. The van der Waals surface area contributed by atoms with Crippen LogP contribution in [-0.4, -0.2) is 40.1 Å². The highest BCUT2D eigenvalue weighted by molar-refractivity contribution is 5.31. The molecule has 21 heavy (non-hydrogen) atoms. The number of hydrogen-bond donors (Lipinski definition) is 1. The molecule has 0 radical (unpaired) electrons. The molecular weight excluding hydrogens is 280 g/mol. The quantitative estimate of drug-likeness (QED) is 0.638. The minimum atomic E-state index is -0.694. The highest BCUT2D eigenvalue weighted by atomic mass is 19.1. The zero-order valence-electron chi connectivity index (χ0n) is 12.6. The molecular formula is C15H23F2NO3. The number of benzene rings is 1. The van der Waals surface area contributed by atoms with Crippen molar-refractivity contribution in [2.45, 2.75) is 19.9 Å². The summed E-state index contributed by atoms with van der Waals surface area (Å²) in [5, 5.41) is 3.09. The standard InChI is InChI=1S/C15H23F2NO3/c1-3-4-18-11-12-9-13(16)15(14(17)10-12)21-8-7-20-6-5-19-2/h9-10,18H,3-8,11H2,1-2H3. The first-order chi connectivity index (χ1) is 10.2. The average Bonchev–Trinajstić information content (AvgIpc) is 2.45. The van der Waals surface area contributed by atoms with Crippen LogP contribution in [0, 0.1) is 11.6 Å². The molecule has 0 fully saturated rings. The largest absolute Gasteiger partial charge is 0.485 e. The van der Waals surface area contributed by atoms with E-state index in [4.69, 9.17) is 14.2 Å². The lowest BCUT2D eigenvalue weighted by atomic mass is 10.2. The van der Waals surface area contributed by atoms with Gasteiger partial charge in [-0.25, -0.2) is 8.78 Å². The number of methoxy groups -OCH3 is 1. The topological polar surface area (TPSA) is 39.7 Å². The Bertz CT molecular complexity index is 393. The molecule has 1 aromatic carbocycles. The van der Waals surface area contributed by atoms with E-state index in [2.05, 4.69) is 5.32 Å². The number of ether oxygens (including phenoxy) is 3. The molecule has 1 rings (SSSR count). The Kier molecular flexibility index (Phi) is 8.89. The van der Waals surface area contributed by atoms with E-state index in [1.54, 1.807) is 7.11 Å². The second-order valence-corrected chi connectivity index (χ2v) is 4.52. The van der Waals surface area contributed by atoms with Gasteiger partial charge >= 0.3 is 0 Å². The van der Waals surface area contributed by atoms with E-state index in [1.807, 2.05) is 6.92 Å². The predicted molar refractivity (Wildman–Crippen MR) is 76.5 cm³/mol. The average molecular weight is 303 g/mol. The van der Waals surface area contributed by atoms with Crippen molar-refractivity contribution < 1.29 is 23.0 Å². The lowest BCUT2D eigenvalue weighted by Crippen LogP contribution is -2.15. The van der Waals surface area contributed by atoms with Crippen LogP contribution in [0.25, 0.3) is 0 Å². The van der Waals surface area contributed by atoms with Crippen LogP contribution in [0.5, 0.6) is 5.75 Å². The van der Waals surface area contributed by atoms with Crippen LogP contribution in [0.15, 0.2) is 12.1 Å². The van der Waals surface area contributed by atoms with E-state index in [9.17, 15) is 8.78 Å². The van der Waals surface area contributed by atoms with E-state index in [-0.39, 0.29) is 19.0 Å². The lowest BCUT2D eigenvalue weighted by molar-refractivity contribution is 0.0531. The maximum absolute atomic E-state index is 13.8. The zero-order chi connectivity index (χ0) is 15.5. The molecule has 0 amide bonds. The van der Waals surface area contributed by atoms with Gasteiger partial charge in [0.2, 0.25) is 0 Å². The van der Waals surface area contributed by atoms with Crippen LogP contribution < -0.4 is 10.1 Å². The number of rotatable bonds is 11. The van der Waals surface area contributed by atoms with Gasteiger partial charge in [0.1, 0.15) is 6.61 Å². The Morgan fingerprint density at radius 1 is 1.05 bits per heavy atom. The Morgan fingerprint density at radius 2 is 1.71 bits per heavy atom. The second kappa shape index (κ2) is 10.5. The van der Waals surface area contributed by atoms with Crippen LogP contribution in [0.3, 0.4) is 0 Å². The summed E-state index contributed by atoms with van der Waals surface area (Å²) >= 11 is 0. The van der Waals surface area contributed by atoms with Crippen molar-refractivity contribution in [1.29, 1.82) is 0 Å². The fraction of sp³-hybridized carbons (Fsp3) is 0.600. The summed E-state index contributed by atoms with van der Waals surface area (Å²) in [6, 6.07) is 2.57. The van der Waals surface area contributed by atoms with Crippen LogP contribution in [-0.2, 0) is 16.0 Å². The van der Waals surface area contributed by atoms with Crippen LogP contribution >= 0.6 is 0 Å². The van der Waals surface area contributed by atoms with E-state index in [1.165, 1.54) is 12.1 Å². The smallest absolute Gasteiger partial charge is 0.190 e. The van der Waals surface area contributed by atoms with Crippen molar-refractivity contribution >= 4 is 0 Å². The first-order valence-corrected chi connectivity index (χ1v) is 7.07. The van der Waals surface area contributed by atoms with Gasteiger partial charge in [-0.2, -0.15) is 0 Å². The molecule has 0 saturated heterocycles. The van der Waals surface area contributed by atoms with Gasteiger partial charge in [-0.1, -0.05) is 6.92 Å². The number of hydrogen-bond acceptors (Lipinski definition) is 4. The third-order valence-electron chi connectivity index (χ3n) is 2.72. The van der Waals surface area contributed by atoms with Crippen LogP contribution in [0.2, 0.25) is 0 Å². The summed E-state index contributed by atoms with van der Waals surface area (Å²) in [6.45, 7) is 4.50. The molecule has 0 aliphatic carbocycles. The molecule has 120 valence electrons. The maximum Gasteiger partial charge on any atom is 0.190 e. The van der Waals surface area contributed by atoms with Crippen LogP contribution in [0.1, 0.15) is 18.9 Å². The Hall–Kier alpha value is -1.24. The molecule has 1 aromatic rings. The second-order valence-electron chi connectivity index (χ2n) is 4.52. The summed E-state index contributed by atoms with van der Waals surface area (Å²) in [6.07, 6.45) is 0.967. The molecule has 0 bridgehead atoms. The van der Waals surface area contributed by atoms with Gasteiger partial charge in [-0.05, 0) is 30.7 Å². The van der Waals surface area contributed by atoms with Crippen molar-refractivity contribution in [3.05, 3.63) is 29.3 Å². The van der Waals surface area contributed by atoms with Gasteiger partial charge in [0.25, 0.3) is 0 Å². The van der Waals surface area contributed by atoms with Crippen molar-refractivity contribution in [2.24, 2.45) is 0 Å². The van der Waals surface area contributed by atoms with Gasteiger partial charge in [0, 0.05) is 13.7 Å². The molecule has 0 saturated carbocycles. The van der Waals surface area contributed by atoms with E-state index >= 15 is 0 Å². The molecule has 0 aliphatic heterocycles. The Morgan fingerprint density at radius 3 is 2.33 bits per heavy atom. The molecule has 4 nitrogen and oxygen atoms in total. The normalized spacial score (nSPS) is 10.9. The minimum Gasteiger partial charge on any atom is -0.485 e. The SMILES string of the molecule is CCCNCc1cc(F)c(OCCOCCOC)c(F)c1. The number of halogens is 2. The van der Waals surface area contributed by atoms with E-state index in [0.717, 1.165) is 13.0 Å². The Labute approximate surface area is 124 Å². The summed E-state index contributed by atoms with van der Waals surface area (Å²) in [5.41, 5.74) is 0.558. The Balaban J connectivity index is 2.43. The zero-order valence-corrected chi connectivity index (χ0v) is 12.6. The summed E-state index contributed by atoms with van der Waals surface area (Å²) in [4.78, 5) is 0. The van der Waals surface area contributed by atoms with Crippen molar-refractivity contribution in [3.8, 4) is 5.75 Å². The minimum absolute atomic E-state index is 0.0883. The summed E-state index contributed by atoms with van der Waals surface area (Å²) in [7, 11) is 1.57. The molecule has 6 heteroatoms. The van der Waals surface area contributed by atoms with Gasteiger partial charge in [0.05, 0.1) is 19.8 Å². The molecule has 0 aliphatic rings. The highest BCUT2D eigenvalue weighted by Gasteiger charge is 2.12. The van der Waals surface area contributed by atoms with Gasteiger partial charge in [-0.3, -0.25) is 0 Å². The molecule has 0 aromatic heterocycles. The van der Waals surface area contributed by atoms with E-state index in [0.29, 0.717) is 25.3 Å². The summed E-state index contributed by atoms with van der Waals surface area (Å²) < 4.78 is 42.7. The maximum atomic E-state index is 13.8. The molecule has 1 N–H and O–H groups in total. The first kappa shape index (κ1) is 17.8. The highest BCUT2D eigenvalue weighted by Crippen LogP contribution is 2.23. The predicted octanol–water partition coefficient (Wildman–Crippen LogP) is 2.51. The fourth-order valence-electron chi connectivity index (χ4n) is 1.71. The van der Waals surface area contributed by atoms with Crippen molar-refractivity contribution in [2.75, 3.05) is 40.1 Å². The number of nitrogens with one attached hydrogen (secondary N) is 1. The van der Waals surface area contributed by atoms with Gasteiger partial charge < -0.3 is 19.5 Å². The van der Waals surface area contributed by atoms with E-state index < -0.39 is 11.6 Å². The first-order valence-electron chi connectivity index (χ1n) is 7.07. The van der Waals surface area contributed by atoms with Crippen molar-refractivity contribution in [3.63, 3.8) is 0 Å². The molecule has 0 heterocycles. The molecule has 0 atom stereocenters. The molecule has 0 spiro atoms. The fourth-order valence-corrected chi connectivity index (χ4v) is 1.71. The van der Waals surface area contributed by atoms with Gasteiger partial charge in [-0.15, -0.1) is 0 Å². The van der Waals surface area contributed by atoms with Gasteiger partial charge in [0.15, 0.2) is 17.4 Å².